The molecule has 1 unspecified atom stereocenters. The topological polar surface area (TPSA) is 75.5 Å². The van der Waals surface area contributed by atoms with Crippen molar-refractivity contribution >= 4 is 11.6 Å². The number of carbonyl (C=O) groups excluding carboxylic acids is 1. The molecule has 0 saturated heterocycles. The van der Waals surface area contributed by atoms with E-state index in [9.17, 15) is 14.9 Å². The summed E-state index contributed by atoms with van der Waals surface area (Å²) in [5.41, 5.74) is 0.958. The minimum absolute atomic E-state index is 0.0277. The van der Waals surface area contributed by atoms with Crippen LogP contribution < -0.4 is 5.32 Å². The van der Waals surface area contributed by atoms with Gasteiger partial charge >= 0.3 is 0 Å². The first-order valence-corrected chi connectivity index (χ1v) is 6.93. The first-order valence-electron chi connectivity index (χ1n) is 6.93. The highest BCUT2D eigenvalue weighted by Gasteiger charge is 2.18. The maximum Gasteiger partial charge on any atom is 0.272 e. The molecule has 6 heteroatoms. The van der Waals surface area contributed by atoms with E-state index in [1.807, 2.05) is 14.1 Å². The number of benzene rings is 1. The average molecular weight is 293 g/mol. The highest BCUT2D eigenvalue weighted by molar-refractivity contribution is 5.94. The van der Waals surface area contributed by atoms with E-state index >= 15 is 0 Å². The van der Waals surface area contributed by atoms with Gasteiger partial charge in [0.05, 0.1) is 4.92 Å². The van der Waals surface area contributed by atoms with Crippen LogP contribution in [-0.4, -0.2) is 42.4 Å². The summed E-state index contributed by atoms with van der Waals surface area (Å²) in [5.74, 6) is 0.208. The lowest BCUT2D eigenvalue weighted by Gasteiger charge is -2.28. The van der Waals surface area contributed by atoms with E-state index in [1.54, 1.807) is 13.0 Å². The molecule has 1 amide bonds. The van der Waals surface area contributed by atoms with E-state index < -0.39 is 4.92 Å². The Balaban J connectivity index is 2.76. The zero-order valence-electron chi connectivity index (χ0n) is 13.2. The van der Waals surface area contributed by atoms with Gasteiger partial charge in [-0.05, 0) is 39.1 Å². The number of nitro benzene ring substituents is 1. The molecule has 0 spiro atoms. The van der Waals surface area contributed by atoms with Crippen LogP contribution in [0.4, 0.5) is 5.69 Å². The van der Waals surface area contributed by atoms with Crippen molar-refractivity contribution in [2.24, 2.45) is 5.92 Å². The molecule has 0 heterocycles. The fourth-order valence-electron chi connectivity index (χ4n) is 2.32. The normalized spacial score (nSPS) is 12.5. The molecular weight excluding hydrogens is 270 g/mol. The predicted octanol–water partition coefficient (Wildman–Crippen LogP) is 2.22. The van der Waals surface area contributed by atoms with Crippen LogP contribution in [0.25, 0.3) is 0 Å². The van der Waals surface area contributed by atoms with E-state index in [0.717, 1.165) is 0 Å². The Morgan fingerprint density at radius 3 is 2.43 bits per heavy atom. The maximum atomic E-state index is 12.1. The molecule has 21 heavy (non-hydrogen) atoms. The molecule has 1 atom stereocenters. The molecule has 0 bridgehead atoms. The van der Waals surface area contributed by atoms with Gasteiger partial charge in [0.25, 0.3) is 11.6 Å². The van der Waals surface area contributed by atoms with Gasteiger partial charge in [0.1, 0.15) is 0 Å². The Hall–Kier alpha value is -1.95. The molecule has 1 aromatic carbocycles. The van der Waals surface area contributed by atoms with E-state index in [0.29, 0.717) is 23.6 Å². The zero-order valence-corrected chi connectivity index (χ0v) is 13.2. The summed E-state index contributed by atoms with van der Waals surface area (Å²) in [5, 5.41) is 13.7. The maximum absolute atomic E-state index is 12.1. The molecular formula is C15H23N3O3. The lowest BCUT2D eigenvalue weighted by Crippen LogP contribution is -2.43. The molecule has 0 aromatic heterocycles. The fraction of sp³-hybridized carbons (Fsp3) is 0.533. The molecule has 1 aromatic rings. The van der Waals surface area contributed by atoms with Gasteiger partial charge in [-0.2, -0.15) is 0 Å². The zero-order chi connectivity index (χ0) is 16.2. The van der Waals surface area contributed by atoms with E-state index in [1.165, 1.54) is 12.1 Å². The predicted molar refractivity (Wildman–Crippen MR) is 82.5 cm³/mol. The van der Waals surface area contributed by atoms with Crippen LogP contribution >= 0.6 is 0 Å². The standard InChI is InChI=1S/C15H23N3O3/c1-10(2)14(17(4)5)9-16-15(19)12-6-7-13(18(20)21)11(3)8-12/h6-8,10,14H,9H2,1-5H3,(H,16,19). The minimum Gasteiger partial charge on any atom is -0.350 e. The number of nitro groups is 1. The van der Waals surface area contributed by atoms with Gasteiger partial charge in [-0.1, -0.05) is 13.8 Å². The molecule has 0 aliphatic heterocycles. The first-order chi connectivity index (χ1) is 9.73. The number of hydrogen-bond acceptors (Lipinski definition) is 4. The summed E-state index contributed by atoms with van der Waals surface area (Å²) in [4.78, 5) is 24.5. The number of rotatable bonds is 6. The SMILES string of the molecule is Cc1cc(C(=O)NCC(C(C)C)N(C)C)ccc1[N+](=O)[O-]. The molecule has 0 fully saturated rings. The fourth-order valence-corrected chi connectivity index (χ4v) is 2.32. The van der Waals surface area contributed by atoms with Crippen LogP contribution in [0, 0.1) is 23.0 Å². The van der Waals surface area contributed by atoms with Crippen molar-refractivity contribution in [2.45, 2.75) is 26.8 Å². The molecule has 6 nitrogen and oxygen atoms in total. The molecule has 0 saturated carbocycles. The Morgan fingerprint density at radius 1 is 1.38 bits per heavy atom. The van der Waals surface area contributed by atoms with Gasteiger partial charge in [-0.25, -0.2) is 0 Å². The summed E-state index contributed by atoms with van der Waals surface area (Å²) in [7, 11) is 3.96. The van der Waals surface area contributed by atoms with Gasteiger partial charge < -0.3 is 10.2 Å². The second-order valence-corrected chi connectivity index (χ2v) is 5.74. The summed E-state index contributed by atoms with van der Waals surface area (Å²) in [6.45, 7) is 6.38. The summed E-state index contributed by atoms with van der Waals surface area (Å²) >= 11 is 0. The third kappa shape index (κ3) is 4.53. The molecule has 116 valence electrons. The molecule has 0 aliphatic rings. The first kappa shape index (κ1) is 17.1. The summed E-state index contributed by atoms with van der Waals surface area (Å²) in [6, 6.07) is 4.65. The van der Waals surface area contributed by atoms with Gasteiger partial charge in [0.15, 0.2) is 0 Å². The van der Waals surface area contributed by atoms with E-state index in [2.05, 4.69) is 24.1 Å². The number of hydrogen-bond donors (Lipinski definition) is 1. The second-order valence-electron chi connectivity index (χ2n) is 5.74. The molecule has 1 N–H and O–H groups in total. The summed E-state index contributed by atoms with van der Waals surface area (Å²) in [6.07, 6.45) is 0. The smallest absolute Gasteiger partial charge is 0.272 e. The van der Waals surface area contributed by atoms with Gasteiger partial charge in [0.2, 0.25) is 0 Å². The van der Waals surface area contributed by atoms with Gasteiger partial charge in [-0.15, -0.1) is 0 Å². The number of nitrogens with zero attached hydrogens (tertiary/aromatic N) is 2. The third-order valence-electron chi connectivity index (χ3n) is 3.56. The second kappa shape index (κ2) is 7.17. The van der Waals surface area contributed by atoms with Crippen molar-refractivity contribution in [1.82, 2.24) is 10.2 Å². The largest absolute Gasteiger partial charge is 0.350 e. The number of likely N-dealkylation sites (N-methyl/N-ethyl adjacent to an activating group) is 1. The number of amides is 1. The van der Waals surface area contributed by atoms with Crippen LogP contribution in [0.5, 0.6) is 0 Å². The van der Waals surface area contributed by atoms with Crippen LogP contribution in [0.1, 0.15) is 29.8 Å². The van der Waals surface area contributed by atoms with Crippen molar-refractivity contribution in [3.63, 3.8) is 0 Å². The van der Waals surface area contributed by atoms with Crippen LogP contribution in [0.2, 0.25) is 0 Å². The molecule has 0 radical (unpaired) electrons. The third-order valence-corrected chi connectivity index (χ3v) is 3.56. The average Bonchev–Trinajstić information content (AvgIpc) is 2.37. The van der Waals surface area contributed by atoms with Crippen LogP contribution in [0.15, 0.2) is 18.2 Å². The monoisotopic (exact) mass is 293 g/mol. The lowest BCUT2D eigenvalue weighted by molar-refractivity contribution is -0.385. The van der Waals surface area contributed by atoms with E-state index in [4.69, 9.17) is 0 Å². The van der Waals surface area contributed by atoms with Gasteiger partial charge in [-0.3, -0.25) is 14.9 Å². The van der Waals surface area contributed by atoms with Crippen molar-refractivity contribution in [3.8, 4) is 0 Å². The minimum atomic E-state index is -0.447. The van der Waals surface area contributed by atoms with Crippen molar-refractivity contribution in [3.05, 3.63) is 39.4 Å². The lowest BCUT2D eigenvalue weighted by atomic mass is 10.0. The van der Waals surface area contributed by atoms with Crippen LogP contribution in [-0.2, 0) is 0 Å². The Kier molecular flexibility index (Phi) is 5.84. The number of nitrogens with one attached hydrogen (secondary N) is 1. The molecule has 1 rings (SSSR count). The Morgan fingerprint density at radius 2 is 2.00 bits per heavy atom. The molecule has 0 aliphatic carbocycles. The van der Waals surface area contributed by atoms with E-state index in [-0.39, 0.29) is 17.6 Å². The van der Waals surface area contributed by atoms with Crippen molar-refractivity contribution in [1.29, 1.82) is 0 Å². The Bertz CT molecular complexity index is 519. The van der Waals surface area contributed by atoms with Gasteiger partial charge in [0, 0.05) is 29.8 Å². The van der Waals surface area contributed by atoms with Crippen molar-refractivity contribution in [2.75, 3.05) is 20.6 Å². The van der Waals surface area contributed by atoms with Crippen LogP contribution in [0.3, 0.4) is 0 Å². The Labute approximate surface area is 125 Å². The quantitative estimate of drug-likeness (QED) is 0.644. The summed E-state index contributed by atoms with van der Waals surface area (Å²) < 4.78 is 0. The number of aryl methyl sites for hydroxylation is 1. The highest BCUT2D eigenvalue weighted by atomic mass is 16.6. The van der Waals surface area contributed by atoms with Crippen molar-refractivity contribution < 1.29 is 9.72 Å². The number of carbonyl (C=O) groups is 1. The highest BCUT2D eigenvalue weighted by Crippen LogP contribution is 2.18.